The minimum atomic E-state index is -0.460. The van der Waals surface area contributed by atoms with Crippen LogP contribution in [0.25, 0.3) is 0 Å². The van der Waals surface area contributed by atoms with Gasteiger partial charge in [0.2, 0.25) is 0 Å². The molecule has 1 aliphatic rings. The second-order valence-corrected chi connectivity index (χ2v) is 5.55. The number of nitrogens with zero attached hydrogens (tertiary/aromatic N) is 1. The van der Waals surface area contributed by atoms with Gasteiger partial charge in [0.1, 0.15) is 5.82 Å². The minimum absolute atomic E-state index is 0.122. The van der Waals surface area contributed by atoms with Crippen LogP contribution in [0.3, 0.4) is 0 Å². The van der Waals surface area contributed by atoms with Crippen LogP contribution in [0, 0.1) is 5.82 Å². The Labute approximate surface area is 119 Å². The number of hydrogen-bond acceptors (Lipinski definition) is 3. The van der Waals surface area contributed by atoms with Crippen molar-refractivity contribution in [2.75, 3.05) is 13.6 Å². The molecule has 1 aromatic carbocycles. The average molecular weight is 279 g/mol. The van der Waals surface area contributed by atoms with Crippen LogP contribution in [-0.4, -0.2) is 41.5 Å². The third-order valence-electron chi connectivity index (χ3n) is 4.13. The van der Waals surface area contributed by atoms with E-state index in [1.807, 2.05) is 11.9 Å². The van der Waals surface area contributed by atoms with Gasteiger partial charge >= 0.3 is 0 Å². The monoisotopic (exact) mass is 279 g/mol. The van der Waals surface area contributed by atoms with Crippen molar-refractivity contribution in [1.29, 1.82) is 0 Å². The Morgan fingerprint density at radius 2 is 2.05 bits per heavy atom. The molecule has 3 nitrogen and oxygen atoms in total. The lowest BCUT2D eigenvalue weighted by atomic mass is 9.91. The lowest BCUT2D eigenvalue weighted by molar-refractivity contribution is 0.0315. The molecule has 0 saturated heterocycles. The van der Waals surface area contributed by atoms with Crippen molar-refractivity contribution >= 4 is 5.78 Å². The summed E-state index contributed by atoms with van der Waals surface area (Å²) in [4.78, 5) is 14.0. The highest BCUT2D eigenvalue weighted by Crippen LogP contribution is 2.22. The van der Waals surface area contributed by atoms with Crippen molar-refractivity contribution in [2.45, 2.75) is 44.2 Å². The summed E-state index contributed by atoms with van der Waals surface area (Å²) in [6.07, 6.45) is 3.95. The smallest absolute Gasteiger partial charge is 0.167 e. The summed E-state index contributed by atoms with van der Waals surface area (Å²) in [5.74, 6) is -0.641. The zero-order valence-electron chi connectivity index (χ0n) is 11.9. The molecule has 2 unspecified atom stereocenters. The van der Waals surface area contributed by atoms with E-state index in [0.717, 1.165) is 25.7 Å². The molecule has 1 fully saturated rings. The van der Waals surface area contributed by atoms with Gasteiger partial charge in [-0.25, -0.2) is 4.39 Å². The fraction of sp³-hybridized carbons (Fsp3) is 0.562. The van der Waals surface area contributed by atoms with Crippen molar-refractivity contribution in [3.63, 3.8) is 0 Å². The van der Waals surface area contributed by atoms with Gasteiger partial charge < -0.3 is 10.0 Å². The molecule has 1 saturated carbocycles. The van der Waals surface area contributed by atoms with E-state index in [1.54, 1.807) is 12.1 Å². The first-order valence-electron chi connectivity index (χ1n) is 7.25. The number of Topliss-reactive ketones (excluding diaryl/α,β-unsaturated/α-hetero) is 1. The molecule has 0 aliphatic heterocycles. The highest BCUT2D eigenvalue weighted by atomic mass is 19.1. The summed E-state index contributed by atoms with van der Waals surface area (Å²) >= 11 is 0. The molecule has 4 heteroatoms. The fourth-order valence-corrected chi connectivity index (χ4v) is 2.87. The van der Waals surface area contributed by atoms with Crippen molar-refractivity contribution in [3.8, 4) is 0 Å². The van der Waals surface area contributed by atoms with Crippen LogP contribution in [0.1, 0.15) is 42.5 Å². The number of benzene rings is 1. The summed E-state index contributed by atoms with van der Waals surface area (Å²) in [6, 6.07) is 6.20. The molecule has 110 valence electrons. The molecule has 1 aromatic rings. The number of rotatable bonds is 5. The Bertz CT molecular complexity index is 464. The molecule has 0 heterocycles. The fourth-order valence-electron chi connectivity index (χ4n) is 2.87. The Hall–Kier alpha value is -1.26. The predicted molar refractivity (Wildman–Crippen MR) is 76.2 cm³/mol. The maximum absolute atomic E-state index is 13.5. The summed E-state index contributed by atoms with van der Waals surface area (Å²) < 4.78 is 13.5. The van der Waals surface area contributed by atoms with Gasteiger partial charge in [0.15, 0.2) is 5.78 Å². The van der Waals surface area contributed by atoms with Crippen molar-refractivity contribution in [2.24, 2.45) is 0 Å². The second-order valence-electron chi connectivity index (χ2n) is 5.55. The van der Waals surface area contributed by atoms with Gasteiger partial charge in [-0.2, -0.15) is 0 Å². The lowest BCUT2D eigenvalue weighted by Crippen LogP contribution is -2.44. The Morgan fingerprint density at radius 1 is 1.35 bits per heavy atom. The van der Waals surface area contributed by atoms with E-state index >= 15 is 0 Å². The van der Waals surface area contributed by atoms with Crippen LogP contribution in [0.4, 0.5) is 4.39 Å². The molecule has 0 aromatic heterocycles. The maximum atomic E-state index is 13.5. The zero-order valence-corrected chi connectivity index (χ0v) is 11.9. The molecular weight excluding hydrogens is 257 g/mol. The molecule has 1 N–H and O–H groups in total. The Balaban J connectivity index is 1.88. The Morgan fingerprint density at radius 3 is 2.75 bits per heavy atom. The van der Waals surface area contributed by atoms with Gasteiger partial charge in [-0.05, 0) is 32.0 Å². The number of aliphatic hydroxyl groups is 1. The van der Waals surface area contributed by atoms with Gasteiger partial charge in [-0.1, -0.05) is 25.0 Å². The van der Waals surface area contributed by atoms with Crippen LogP contribution in [-0.2, 0) is 0 Å². The number of aliphatic hydroxyl groups excluding tert-OH is 1. The first-order chi connectivity index (χ1) is 9.59. The Kier molecular flexibility index (Phi) is 5.26. The third-order valence-corrected chi connectivity index (χ3v) is 4.13. The predicted octanol–water partition coefficient (Wildman–Crippen LogP) is 2.63. The van der Waals surface area contributed by atoms with E-state index in [1.165, 1.54) is 12.1 Å². The topological polar surface area (TPSA) is 40.5 Å². The molecule has 0 bridgehead atoms. The molecule has 0 spiro atoms. The largest absolute Gasteiger partial charge is 0.391 e. The molecule has 0 amide bonds. The summed E-state index contributed by atoms with van der Waals surface area (Å²) in [5.41, 5.74) is 0.157. The normalized spacial score (nSPS) is 23.0. The molecule has 0 radical (unpaired) electrons. The molecular formula is C16H22FNO2. The number of ketones is 1. The van der Waals surface area contributed by atoms with Gasteiger partial charge in [0.05, 0.1) is 11.7 Å². The van der Waals surface area contributed by atoms with Gasteiger partial charge in [-0.3, -0.25) is 4.79 Å². The van der Waals surface area contributed by atoms with Crippen LogP contribution in [0.5, 0.6) is 0 Å². The van der Waals surface area contributed by atoms with Crippen molar-refractivity contribution in [3.05, 3.63) is 35.6 Å². The van der Waals surface area contributed by atoms with E-state index in [-0.39, 0.29) is 29.9 Å². The first-order valence-corrected chi connectivity index (χ1v) is 7.25. The highest BCUT2D eigenvalue weighted by Gasteiger charge is 2.26. The zero-order chi connectivity index (χ0) is 14.5. The molecule has 1 aliphatic carbocycles. The summed E-state index contributed by atoms with van der Waals surface area (Å²) in [6.45, 7) is 0.550. The number of carbonyl (C=O) groups excluding carboxylic acids is 1. The van der Waals surface area contributed by atoms with Crippen molar-refractivity contribution < 1.29 is 14.3 Å². The molecule has 20 heavy (non-hydrogen) atoms. The van der Waals surface area contributed by atoms with E-state index < -0.39 is 5.82 Å². The van der Waals surface area contributed by atoms with Gasteiger partial charge in [0, 0.05) is 19.0 Å². The molecule has 2 atom stereocenters. The number of likely N-dealkylation sites (N-methyl/N-ethyl adjacent to an activating group) is 1. The number of carbonyl (C=O) groups is 1. The SMILES string of the molecule is CN(CCC(=O)c1ccccc1F)C1CCCCC1O. The second kappa shape index (κ2) is 6.95. The lowest BCUT2D eigenvalue weighted by Gasteiger charge is -2.35. The highest BCUT2D eigenvalue weighted by molar-refractivity contribution is 5.96. The third kappa shape index (κ3) is 3.64. The van der Waals surface area contributed by atoms with Crippen LogP contribution in [0.2, 0.25) is 0 Å². The maximum Gasteiger partial charge on any atom is 0.167 e. The first kappa shape index (κ1) is 15.1. The standard InChI is InChI=1S/C16H22FNO2/c1-18(14-8-4-5-9-16(14)20)11-10-15(19)12-6-2-3-7-13(12)17/h2-3,6-7,14,16,20H,4-5,8-11H2,1H3. The summed E-state index contributed by atoms with van der Waals surface area (Å²) in [7, 11) is 1.92. The summed E-state index contributed by atoms with van der Waals surface area (Å²) in [5, 5.41) is 9.98. The van der Waals surface area contributed by atoms with E-state index in [0.29, 0.717) is 6.54 Å². The van der Waals surface area contributed by atoms with E-state index in [9.17, 15) is 14.3 Å². The van der Waals surface area contributed by atoms with E-state index in [4.69, 9.17) is 0 Å². The van der Waals surface area contributed by atoms with E-state index in [2.05, 4.69) is 0 Å². The molecule has 2 rings (SSSR count). The van der Waals surface area contributed by atoms with Crippen LogP contribution < -0.4 is 0 Å². The quantitative estimate of drug-likeness (QED) is 0.842. The average Bonchev–Trinajstić information content (AvgIpc) is 2.45. The number of halogens is 1. The minimum Gasteiger partial charge on any atom is -0.391 e. The van der Waals surface area contributed by atoms with Crippen LogP contribution >= 0.6 is 0 Å². The number of hydrogen-bond donors (Lipinski definition) is 1. The van der Waals surface area contributed by atoms with Gasteiger partial charge in [0.25, 0.3) is 0 Å². The van der Waals surface area contributed by atoms with Crippen LogP contribution in [0.15, 0.2) is 24.3 Å². The van der Waals surface area contributed by atoms with Crippen molar-refractivity contribution in [1.82, 2.24) is 4.90 Å². The van der Waals surface area contributed by atoms with Gasteiger partial charge in [-0.15, -0.1) is 0 Å².